The Labute approximate surface area is 240 Å². The Balaban J connectivity index is 1.43. The first-order valence-electron chi connectivity index (χ1n) is 14.3. The van der Waals surface area contributed by atoms with Crippen LogP contribution in [-0.2, 0) is 4.74 Å². The van der Waals surface area contributed by atoms with E-state index in [0.717, 1.165) is 84.5 Å². The molecular formula is C33H37N5O3. The third-order valence-electron chi connectivity index (χ3n) is 8.29. The van der Waals surface area contributed by atoms with Crippen molar-refractivity contribution >= 4 is 28.4 Å². The zero-order valence-corrected chi connectivity index (χ0v) is 23.7. The van der Waals surface area contributed by atoms with E-state index in [0.29, 0.717) is 11.2 Å². The van der Waals surface area contributed by atoms with Gasteiger partial charge in [0, 0.05) is 54.7 Å². The van der Waals surface area contributed by atoms with E-state index >= 15 is 0 Å². The lowest BCUT2D eigenvalue weighted by atomic mass is 9.96. The number of likely N-dealkylation sites (N-methyl/N-ethyl adjacent to an activating group) is 1. The fourth-order valence-corrected chi connectivity index (χ4v) is 5.46. The molecule has 3 N–H and O–H groups in total. The number of pyridine rings is 1. The van der Waals surface area contributed by atoms with Crippen molar-refractivity contribution in [1.82, 2.24) is 14.9 Å². The van der Waals surface area contributed by atoms with Gasteiger partial charge in [-0.05, 0) is 80.3 Å². The lowest BCUT2D eigenvalue weighted by Gasteiger charge is -2.34. The van der Waals surface area contributed by atoms with Gasteiger partial charge in [-0.2, -0.15) is 0 Å². The number of aromatic nitrogens is 2. The smallest absolute Gasteiger partial charge is 0.339 e. The van der Waals surface area contributed by atoms with Crippen molar-refractivity contribution in [1.29, 1.82) is 0 Å². The molecule has 8 nitrogen and oxygen atoms in total. The normalized spacial score (nSPS) is 16.8. The number of nitrogens with zero attached hydrogens (tertiary/aromatic N) is 3. The quantitative estimate of drug-likeness (QED) is 0.149. The van der Waals surface area contributed by atoms with Crippen molar-refractivity contribution in [2.24, 2.45) is 0 Å². The molecule has 4 aromatic rings. The predicted molar refractivity (Wildman–Crippen MR) is 164 cm³/mol. The molecule has 0 bridgehead atoms. The highest BCUT2D eigenvalue weighted by Crippen LogP contribution is 2.40. The van der Waals surface area contributed by atoms with Crippen LogP contribution in [0, 0.1) is 6.92 Å². The van der Waals surface area contributed by atoms with Gasteiger partial charge in [-0.1, -0.05) is 30.8 Å². The number of benzene rings is 2. The van der Waals surface area contributed by atoms with Crippen molar-refractivity contribution in [3.8, 4) is 22.4 Å². The molecule has 41 heavy (non-hydrogen) atoms. The van der Waals surface area contributed by atoms with Crippen molar-refractivity contribution in [2.75, 3.05) is 43.4 Å². The van der Waals surface area contributed by atoms with E-state index in [4.69, 9.17) is 4.74 Å². The maximum absolute atomic E-state index is 13.0. The SMILES string of the molecule is C=CC(O)Nc1cc(-c2c(-c3ccc(N4CCN(C)CC4)cc3)[nH]c3ncc(C(=O)OC4CCC4)cc23)ccc1C. The number of ether oxygens (including phenoxy) is 1. The van der Waals surface area contributed by atoms with E-state index < -0.39 is 6.23 Å². The van der Waals surface area contributed by atoms with E-state index in [9.17, 15) is 9.90 Å². The number of hydrogen-bond donors (Lipinski definition) is 3. The molecule has 8 heteroatoms. The number of nitrogens with one attached hydrogen (secondary N) is 2. The van der Waals surface area contributed by atoms with Crippen LogP contribution in [0.5, 0.6) is 0 Å². The summed E-state index contributed by atoms with van der Waals surface area (Å²) in [5.41, 5.74) is 7.95. The van der Waals surface area contributed by atoms with Crippen LogP contribution in [0.15, 0.2) is 67.4 Å². The summed E-state index contributed by atoms with van der Waals surface area (Å²) in [5.74, 6) is -0.338. The molecule has 1 aliphatic heterocycles. The number of aromatic amines is 1. The third kappa shape index (κ3) is 5.58. The number of esters is 1. The molecular weight excluding hydrogens is 514 g/mol. The Morgan fingerprint density at radius 3 is 2.54 bits per heavy atom. The number of carbonyl (C=O) groups is 1. The maximum Gasteiger partial charge on any atom is 0.339 e. The highest BCUT2D eigenvalue weighted by Gasteiger charge is 2.24. The molecule has 0 spiro atoms. The van der Waals surface area contributed by atoms with Crippen LogP contribution < -0.4 is 10.2 Å². The van der Waals surface area contributed by atoms with Gasteiger partial charge in [-0.25, -0.2) is 9.78 Å². The number of hydrogen-bond acceptors (Lipinski definition) is 7. The van der Waals surface area contributed by atoms with Gasteiger partial charge >= 0.3 is 5.97 Å². The average molecular weight is 552 g/mol. The Morgan fingerprint density at radius 1 is 1.12 bits per heavy atom. The van der Waals surface area contributed by atoms with E-state index in [-0.39, 0.29) is 12.1 Å². The molecule has 0 amide bonds. The first-order chi connectivity index (χ1) is 19.9. The van der Waals surface area contributed by atoms with E-state index in [1.54, 1.807) is 6.20 Å². The monoisotopic (exact) mass is 551 g/mol. The van der Waals surface area contributed by atoms with E-state index in [2.05, 4.69) is 69.0 Å². The summed E-state index contributed by atoms with van der Waals surface area (Å²) in [5, 5.41) is 14.1. The van der Waals surface area contributed by atoms with Crippen LogP contribution in [-0.4, -0.2) is 71.5 Å². The minimum Gasteiger partial charge on any atom is -0.459 e. The van der Waals surface area contributed by atoms with Gasteiger partial charge in [0.25, 0.3) is 0 Å². The van der Waals surface area contributed by atoms with Crippen LogP contribution in [0.25, 0.3) is 33.4 Å². The molecule has 3 heterocycles. The molecule has 1 aliphatic carbocycles. The second-order valence-corrected chi connectivity index (χ2v) is 11.1. The molecule has 1 atom stereocenters. The molecule has 2 aromatic heterocycles. The third-order valence-corrected chi connectivity index (χ3v) is 8.29. The average Bonchev–Trinajstić information content (AvgIpc) is 3.35. The number of aliphatic hydroxyl groups is 1. The summed E-state index contributed by atoms with van der Waals surface area (Å²) in [7, 11) is 2.16. The van der Waals surface area contributed by atoms with Crippen LogP contribution in [0.3, 0.4) is 0 Å². The summed E-state index contributed by atoms with van der Waals surface area (Å²) in [6.07, 6.45) is 5.10. The molecule has 2 aromatic carbocycles. The van der Waals surface area contributed by atoms with Crippen LogP contribution in [0.4, 0.5) is 11.4 Å². The lowest BCUT2D eigenvalue weighted by Crippen LogP contribution is -2.44. The van der Waals surface area contributed by atoms with E-state index in [1.807, 2.05) is 25.1 Å². The zero-order valence-electron chi connectivity index (χ0n) is 23.7. The lowest BCUT2D eigenvalue weighted by molar-refractivity contribution is 0.00898. The Morgan fingerprint density at radius 2 is 1.85 bits per heavy atom. The van der Waals surface area contributed by atoms with Gasteiger partial charge < -0.3 is 29.9 Å². The molecule has 212 valence electrons. The maximum atomic E-state index is 13.0. The van der Waals surface area contributed by atoms with Crippen LogP contribution >= 0.6 is 0 Å². The molecule has 6 rings (SSSR count). The van der Waals surface area contributed by atoms with Gasteiger partial charge in [-0.3, -0.25) is 0 Å². The Kier molecular flexibility index (Phi) is 7.51. The Bertz CT molecular complexity index is 1570. The number of fused-ring (bicyclic) bond motifs is 1. The van der Waals surface area contributed by atoms with E-state index in [1.165, 1.54) is 11.8 Å². The fraction of sp³-hybridized carbons (Fsp3) is 0.333. The van der Waals surface area contributed by atoms with Gasteiger partial charge in [0.1, 0.15) is 18.0 Å². The number of H-pyrrole nitrogens is 1. The van der Waals surface area contributed by atoms with Gasteiger partial charge in [0.15, 0.2) is 0 Å². The molecule has 2 fully saturated rings. The highest BCUT2D eigenvalue weighted by atomic mass is 16.5. The number of anilines is 2. The summed E-state index contributed by atoms with van der Waals surface area (Å²) in [6.45, 7) is 9.79. The standard InChI is InChI=1S/C33H37N5O3/c1-4-29(39)35-28-19-23(9-8-21(28)2)30-27-18-24(33(40)41-26-6-5-7-26)20-34-32(27)36-31(30)22-10-12-25(13-11-22)38-16-14-37(3)15-17-38/h4,8-13,18-20,26,29,35,39H,1,5-7,14-17H2,2-3H3,(H,34,36). The zero-order chi connectivity index (χ0) is 28.5. The van der Waals surface area contributed by atoms with Crippen molar-refractivity contribution in [3.05, 3.63) is 78.5 Å². The Hall–Kier alpha value is -4.14. The largest absolute Gasteiger partial charge is 0.459 e. The molecule has 1 saturated carbocycles. The highest BCUT2D eigenvalue weighted by molar-refractivity contribution is 6.05. The second kappa shape index (κ2) is 11.4. The van der Waals surface area contributed by atoms with Crippen molar-refractivity contribution in [2.45, 2.75) is 38.5 Å². The number of aliphatic hydroxyl groups excluding tert-OH is 1. The summed E-state index contributed by atoms with van der Waals surface area (Å²) in [6, 6.07) is 16.6. The van der Waals surface area contributed by atoms with Gasteiger partial charge in [0.05, 0.1) is 11.3 Å². The van der Waals surface area contributed by atoms with Crippen LogP contribution in [0.2, 0.25) is 0 Å². The number of piperazine rings is 1. The topological polar surface area (TPSA) is 93.7 Å². The summed E-state index contributed by atoms with van der Waals surface area (Å²) >= 11 is 0. The molecule has 2 aliphatic rings. The molecule has 1 saturated heterocycles. The number of aryl methyl sites for hydroxylation is 1. The second-order valence-electron chi connectivity index (χ2n) is 11.1. The summed E-state index contributed by atoms with van der Waals surface area (Å²) < 4.78 is 5.68. The molecule has 0 radical (unpaired) electrons. The van der Waals surface area contributed by atoms with Gasteiger partial charge in [-0.15, -0.1) is 0 Å². The van der Waals surface area contributed by atoms with Gasteiger partial charge in [0.2, 0.25) is 0 Å². The minimum absolute atomic E-state index is 0.000268. The first-order valence-corrected chi connectivity index (χ1v) is 14.3. The fourth-order valence-electron chi connectivity index (χ4n) is 5.46. The number of rotatable bonds is 8. The van der Waals surface area contributed by atoms with Crippen molar-refractivity contribution in [3.63, 3.8) is 0 Å². The predicted octanol–water partition coefficient (Wildman–Crippen LogP) is 5.58. The molecule has 1 unspecified atom stereocenters. The minimum atomic E-state index is -0.872. The summed E-state index contributed by atoms with van der Waals surface area (Å²) in [4.78, 5) is 25.9. The van der Waals surface area contributed by atoms with Crippen molar-refractivity contribution < 1.29 is 14.6 Å². The first kappa shape index (κ1) is 27.1. The van der Waals surface area contributed by atoms with Crippen LogP contribution in [0.1, 0.15) is 35.2 Å². The number of carbonyl (C=O) groups excluding carboxylic acids is 1.